The van der Waals surface area contributed by atoms with E-state index in [4.69, 9.17) is 40.5 Å². The number of rotatable bonds is 4. The first kappa shape index (κ1) is 20.6. The summed E-state index contributed by atoms with van der Waals surface area (Å²) in [6, 6.07) is 13.4. The van der Waals surface area contributed by atoms with E-state index in [-0.39, 0.29) is 16.5 Å². The van der Waals surface area contributed by atoms with Crippen molar-refractivity contribution in [3.8, 4) is 6.07 Å². The Labute approximate surface area is 180 Å². The van der Waals surface area contributed by atoms with Gasteiger partial charge in [-0.25, -0.2) is 0 Å². The molecule has 0 bridgehead atoms. The number of thioether (sulfide) groups is 1. The molecule has 2 aromatic rings. The van der Waals surface area contributed by atoms with Crippen LogP contribution >= 0.6 is 46.6 Å². The summed E-state index contributed by atoms with van der Waals surface area (Å²) in [7, 11) is 0. The molecule has 9 heteroatoms. The van der Waals surface area contributed by atoms with Crippen molar-refractivity contribution in [3.05, 3.63) is 73.7 Å². The molecule has 1 atom stereocenters. The third-order valence-electron chi connectivity index (χ3n) is 4.01. The molecule has 142 valence electrons. The summed E-state index contributed by atoms with van der Waals surface area (Å²) in [5.74, 6) is -1.17. The Kier molecular flexibility index (Phi) is 6.21. The van der Waals surface area contributed by atoms with Crippen LogP contribution in [0.3, 0.4) is 0 Å². The second kappa shape index (κ2) is 8.46. The molecule has 28 heavy (non-hydrogen) atoms. The second-order valence-electron chi connectivity index (χ2n) is 5.87. The molecular formula is C19H12Cl3N3O2S. The minimum Gasteiger partial charge on any atom is -0.365 e. The molecule has 0 radical (unpaired) electrons. The second-order valence-corrected chi connectivity index (χ2v) is 8.31. The highest BCUT2D eigenvalue weighted by Gasteiger charge is 2.40. The van der Waals surface area contributed by atoms with Gasteiger partial charge in [-0.15, -0.1) is 0 Å². The first-order chi connectivity index (χ1) is 13.3. The van der Waals surface area contributed by atoms with Crippen molar-refractivity contribution in [1.29, 1.82) is 5.26 Å². The van der Waals surface area contributed by atoms with Crippen LogP contribution < -0.4 is 10.6 Å². The zero-order valence-electron chi connectivity index (χ0n) is 14.2. The number of halogens is 3. The number of amides is 2. The van der Waals surface area contributed by atoms with Gasteiger partial charge in [0.15, 0.2) is 0 Å². The summed E-state index contributed by atoms with van der Waals surface area (Å²) >= 11 is 19.0. The van der Waals surface area contributed by atoms with E-state index in [2.05, 4.69) is 0 Å². The lowest BCUT2D eigenvalue weighted by Crippen LogP contribution is -2.31. The van der Waals surface area contributed by atoms with Gasteiger partial charge < -0.3 is 5.73 Å². The van der Waals surface area contributed by atoms with Crippen LogP contribution in [-0.2, 0) is 16.0 Å². The minimum absolute atomic E-state index is 0.201. The fourth-order valence-electron chi connectivity index (χ4n) is 2.71. The van der Waals surface area contributed by atoms with Crippen molar-refractivity contribution in [1.82, 2.24) is 0 Å². The van der Waals surface area contributed by atoms with Crippen LogP contribution in [0.2, 0.25) is 15.1 Å². The molecule has 1 aliphatic rings. The summed E-state index contributed by atoms with van der Waals surface area (Å²) in [5.41, 5.74) is 6.36. The van der Waals surface area contributed by atoms with Crippen LogP contribution in [-0.4, -0.2) is 17.1 Å². The average Bonchev–Trinajstić information content (AvgIpc) is 2.95. The van der Waals surface area contributed by atoms with Gasteiger partial charge in [0, 0.05) is 10.7 Å². The number of nitriles is 1. The molecule has 2 amide bonds. The van der Waals surface area contributed by atoms with Crippen molar-refractivity contribution >= 4 is 64.1 Å². The van der Waals surface area contributed by atoms with Crippen molar-refractivity contribution < 1.29 is 9.59 Å². The third kappa shape index (κ3) is 4.13. The summed E-state index contributed by atoms with van der Waals surface area (Å²) in [6.07, 6.45) is 0.339. The molecule has 3 rings (SSSR count). The maximum atomic E-state index is 13.1. The fourth-order valence-corrected chi connectivity index (χ4v) is 4.47. The Morgan fingerprint density at radius 2 is 1.82 bits per heavy atom. The fraction of sp³-hybridized carbons (Fsp3) is 0.105. The molecule has 1 heterocycles. The van der Waals surface area contributed by atoms with Crippen molar-refractivity contribution in [3.63, 3.8) is 0 Å². The van der Waals surface area contributed by atoms with Crippen LogP contribution in [0.4, 0.5) is 5.69 Å². The predicted octanol–water partition coefficient (Wildman–Crippen LogP) is 4.56. The van der Waals surface area contributed by atoms with Gasteiger partial charge in [0.25, 0.3) is 5.91 Å². The number of hydrogen-bond donors (Lipinski definition) is 1. The van der Waals surface area contributed by atoms with E-state index in [1.807, 2.05) is 0 Å². The quantitative estimate of drug-likeness (QED) is 0.544. The van der Waals surface area contributed by atoms with E-state index < -0.39 is 11.2 Å². The lowest BCUT2D eigenvalue weighted by atomic mass is 10.1. The Balaban J connectivity index is 2.02. The Morgan fingerprint density at radius 1 is 1.14 bits per heavy atom. The highest BCUT2D eigenvalue weighted by Crippen LogP contribution is 2.42. The molecule has 1 fully saturated rings. The number of nitrogens with zero attached hydrogens (tertiary/aromatic N) is 2. The van der Waals surface area contributed by atoms with Gasteiger partial charge in [-0.1, -0.05) is 52.6 Å². The molecule has 2 N–H and O–H groups in total. The number of anilines is 1. The van der Waals surface area contributed by atoms with Gasteiger partial charge in [-0.05, 0) is 48.4 Å². The Bertz CT molecular complexity index is 1030. The molecular weight excluding hydrogens is 441 g/mol. The van der Waals surface area contributed by atoms with Crippen LogP contribution in [0.1, 0.15) is 5.56 Å². The standard InChI is InChI=1S/C19H12Cl3N3O2S/c20-11-2-4-12(5-3-11)25-18(27)16(28-19(25)13(9-23)17(24)26)8-10-1-6-14(21)15(22)7-10/h1-7,16H,8H2,(H2,24,26). The van der Waals surface area contributed by atoms with Gasteiger partial charge in [0.05, 0.1) is 15.3 Å². The summed E-state index contributed by atoms with van der Waals surface area (Å²) in [6.45, 7) is 0. The summed E-state index contributed by atoms with van der Waals surface area (Å²) in [4.78, 5) is 26.2. The molecule has 0 saturated carbocycles. The lowest BCUT2D eigenvalue weighted by molar-refractivity contribution is -0.117. The molecule has 0 aliphatic carbocycles. The van der Waals surface area contributed by atoms with Crippen molar-refractivity contribution in [2.75, 3.05) is 4.90 Å². The molecule has 1 aliphatic heterocycles. The maximum Gasteiger partial charge on any atom is 0.262 e. The van der Waals surface area contributed by atoms with Gasteiger partial charge in [0.2, 0.25) is 5.91 Å². The number of nitrogens with two attached hydrogens (primary N) is 1. The van der Waals surface area contributed by atoms with E-state index in [1.54, 1.807) is 48.5 Å². The smallest absolute Gasteiger partial charge is 0.262 e. The lowest BCUT2D eigenvalue weighted by Gasteiger charge is -2.18. The van der Waals surface area contributed by atoms with Crippen molar-refractivity contribution in [2.24, 2.45) is 5.73 Å². The third-order valence-corrected chi connectivity index (χ3v) is 6.27. The normalized spacial score (nSPS) is 18.1. The van der Waals surface area contributed by atoms with E-state index in [9.17, 15) is 14.9 Å². The van der Waals surface area contributed by atoms with Crippen molar-refractivity contribution in [2.45, 2.75) is 11.7 Å². The van der Waals surface area contributed by atoms with Crippen LogP contribution in [0.15, 0.2) is 53.1 Å². The van der Waals surface area contributed by atoms with E-state index in [0.717, 1.165) is 17.3 Å². The van der Waals surface area contributed by atoms with Crippen LogP contribution in [0, 0.1) is 11.3 Å². The van der Waals surface area contributed by atoms with Gasteiger partial charge >= 0.3 is 0 Å². The molecule has 2 aromatic carbocycles. The molecule has 0 aromatic heterocycles. The molecule has 0 spiro atoms. The number of carbonyl (C=O) groups excluding carboxylic acids is 2. The highest BCUT2D eigenvalue weighted by atomic mass is 35.5. The van der Waals surface area contributed by atoms with Gasteiger partial charge in [0.1, 0.15) is 16.7 Å². The maximum absolute atomic E-state index is 13.1. The Hall–Kier alpha value is -2.17. The number of benzene rings is 2. The van der Waals surface area contributed by atoms with E-state index in [1.165, 1.54) is 4.90 Å². The van der Waals surface area contributed by atoms with E-state index in [0.29, 0.717) is 27.2 Å². The first-order valence-corrected chi connectivity index (χ1v) is 9.97. The van der Waals surface area contributed by atoms with Crippen LogP contribution in [0.5, 0.6) is 0 Å². The SMILES string of the molecule is N#CC(C(N)=O)=C1SC(Cc2ccc(Cl)c(Cl)c2)C(=O)N1c1ccc(Cl)cc1. The minimum atomic E-state index is -0.896. The number of hydrogen-bond acceptors (Lipinski definition) is 4. The zero-order chi connectivity index (χ0) is 20.4. The highest BCUT2D eigenvalue weighted by molar-refractivity contribution is 8.05. The first-order valence-electron chi connectivity index (χ1n) is 7.96. The Morgan fingerprint density at radius 3 is 2.39 bits per heavy atom. The summed E-state index contributed by atoms with van der Waals surface area (Å²) in [5, 5.41) is 10.3. The topological polar surface area (TPSA) is 87.2 Å². The largest absolute Gasteiger partial charge is 0.365 e. The van der Waals surface area contributed by atoms with Gasteiger partial charge in [-0.2, -0.15) is 5.26 Å². The molecule has 5 nitrogen and oxygen atoms in total. The number of primary amides is 1. The summed E-state index contributed by atoms with van der Waals surface area (Å²) < 4.78 is 0. The van der Waals surface area contributed by atoms with E-state index >= 15 is 0 Å². The molecule has 1 saturated heterocycles. The van der Waals surface area contributed by atoms with Crippen LogP contribution in [0.25, 0.3) is 0 Å². The molecule has 1 unspecified atom stereocenters. The van der Waals surface area contributed by atoms with Gasteiger partial charge in [-0.3, -0.25) is 14.5 Å². The number of carbonyl (C=O) groups is 2. The zero-order valence-corrected chi connectivity index (χ0v) is 17.2. The monoisotopic (exact) mass is 451 g/mol. The average molecular weight is 453 g/mol. The predicted molar refractivity (Wildman–Crippen MR) is 112 cm³/mol.